The molecular formula is C20H37IN6. The van der Waals surface area contributed by atoms with Gasteiger partial charge in [-0.1, -0.05) is 25.7 Å². The molecule has 7 heteroatoms. The first-order chi connectivity index (χ1) is 12.8. The fourth-order valence-corrected chi connectivity index (χ4v) is 4.63. The summed E-state index contributed by atoms with van der Waals surface area (Å²) >= 11 is 0. The molecular weight excluding hydrogens is 451 g/mol. The van der Waals surface area contributed by atoms with Crippen molar-refractivity contribution in [3.8, 4) is 0 Å². The molecule has 1 saturated heterocycles. The first kappa shape index (κ1) is 22.4. The van der Waals surface area contributed by atoms with Gasteiger partial charge in [-0.25, -0.2) is 0 Å². The molecule has 1 aromatic heterocycles. The number of unbranched alkanes of at least 4 members (excludes halogenated alkanes) is 1. The minimum Gasteiger partial charge on any atom is -0.357 e. The Morgan fingerprint density at radius 1 is 1.04 bits per heavy atom. The first-order valence-corrected chi connectivity index (χ1v) is 10.7. The lowest BCUT2D eigenvalue weighted by molar-refractivity contribution is 0.115. The molecule has 0 unspecified atom stereocenters. The zero-order valence-electron chi connectivity index (χ0n) is 16.9. The second kappa shape index (κ2) is 11.9. The van der Waals surface area contributed by atoms with Crippen LogP contribution in [0.5, 0.6) is 0 Å². The van der Waals surface area contributed by atoms with Crippen molar-refractivity contribution in [2.45, 2.75) is 77.7 Å². The number of halogens is 1. The minimum atomic E-state index is 0. The maximum atomic E-state index is 4.95. The number of piperidine rings is 1. The van der Waals surface area contributed by atoms with E-state index < -0.39 is 0 Å². The van der Waals surface area contributed by atoms with Gasteiger partial charge < -0.3 is 14.8 Å². The first-order valence-electron chi connectivity index (χ1n) is 10.7. The standard InChI is InChI=1S/C20H36N6.HI/c1-2-21-19(22-13-7-8-14-25-17-23-24-18-25)26-15-9-12-20(16-26)10-5-3-4-6-11-20;/h17-18H,2-16H2,1H3,(H,21,22);1H. The lowest BCUT2D eigenvalue weighted by Crippen LogP contribution is -2.50. The Labute approximate surface area is 181 Å². The van der Waals surface area contributed by atoms with E-state index in [1.165, 1.54) is 57.9 Å². The summed E-state index contributed by atoms with van der Waals surface area (Å²) in [6.07, 6.45) is 17.1. The minimum absolute atomic E-state index is 0. The second-order valence-corrected chi connectivity index (χ2v) is 8.08. The van der Waals surface area contributed by atoms with E-state index >= 15 is 0 Å². The zero-order chi connectivity index (χ0) is 18.1. The van der Waals surface area contributed by atoms with Crippen LogP contribution in [0.2, 0.25) is 0 Å². The molecule has 1 aromatic rings. The van der Waals surface area contributed by atoms with Gasteiger partial charge in [-0.2, -0.15) is 0 Å². The third kappa shape index (κ3) is 6.91. The van der Waals surface area contributed by atoms with Gasteiger partial charge in [0, 0.05) is 32.7 Å². The average Bonchev–Trinajstić information content (AvgIpc) is 3.08. The third-order valence-electron chi connectivity index (χ3n) is 6.01. The summed E-state index contributed by atoms with van der Waals surface area (Å²) in [5.41, 5.74) is 0.555. The predicted octanol–water partition coefficient (Wildman–Crippen LogP) is 4.08. The molecule has 0 amide bonds. The van der Waals surface area contributed by atoms with Crippen molar-refractivity contribution in [2.24, 2.45) is 10.4 Å². The van der Waals surface area contributed by atoms with Crippen molar-refractivity contribution < 1.29 is 0 Å². The van der Waals surface area contributed by atoms with E-state index in [4.69, 9.17) is 4.99 Å². The molecule has 6 nitrogen and oxygen atoms in total. The Hall–Kier alpha value is -0.860. The van der Waals surface area contributed by atoms with Crippen LogP contribution in [-0.2, 0) is 6.54 Å². The van der Waals surface area contributed by atoms with Gasteiger partial charge in [0.2, 0.25) is 0 Å². The average molecular weight is 488 g/mol. The van der Waals surface area contributed by atoms with Crippen molar-refractivity contribution in [2.75, 3.05) is 26.2 Å². The van der Waals surface area contributed by atoms with E-state index in [2.05, 4.69) is 27.3 Å². The number of hydrogen-bond acceptors (Lipinski definition) is 3. The van der Waals surface area contributed by atoms with Gasteiger partial charge in [-0.05, 0) is 50.9 Å². The molecule has 2 heterocycles. The van der Waals surface area contributed by atoms with Crippen molar-refractivity contribution >= 4 is 29.9 Å². The summed E-state index contributed by atoms with van der Waals surface area (Å²) in [5.74, 6) is 1.14. The number of nitrogens with one attached hydrogen (secondary N) is 1. The quantitative estimate of drug-likeness (QED) is 0.284. The summed E-state index contributed by atoms with van der Waals surface area (Å²) in [5, 5.41) is 11.2. The fraction of sp³-hybridized carbons (Fsp3) is 0.850. The van der Waals surface area contributed by atoms with E-state index in [-0.39, 0.29) is 24.0 Å². The van der Waals surface area contributed by atoms with Gasteiger partial charge in [0.1, 0.15) is 12.7 Å². The SMILES string of the molecule is CCNC(=NCCCCn1cnnc1)N1CCCC2(CCCCCC2)C1.I. The molecule has 1 saturated carbocycles. The summed E-state index contributed by atoms with van der Waals surface area (Å²) in [7, 11) is 0. The van der Waals surface area contributed by atoms with E-state index in [0.29, 0.717) is 5.41 Å². The molecule has 0 aromatic carbocycles. The number of likely N-dealkylation sites (tertiary alicyclic amines) is 1. The van der Waals surface area contributed by atoms with Crippen LogP contribution >= 0.6 is 24.0 Å². The Kier molecular flexibility index (Phi) is 9.86. The van der Waals surface area contributed by atoms with Gasteiger partial charge >= 0.3 is 0 Å². The van der Waals surface area contributed by atoms with Crippen molar-refractivity contribution in [3.63, 3.8) is 0 Å². The van der Waals surface area contributed by atoms with Gasteiger partial charge in [0.15, 0.2) is 5.96 Å². The van der Waals surface area contributed by atoms with Gasteiger partial charge in [0.05, 0.1) is 0 Å². The maximum absolute atomic E-state index is 4.95. The Morgan fingerprint density at radius 2 is 1.74 bits per heavy atom. The molecule has 27 heavy (non-hydrogen) atoms. The van der Waals surface area contributed by atoms with E-state index in [1.54, 1.807) is 12.7 Å². The highest BCUT2D eigenvalue weighted by atomic mass is 127. The highest BCUT2D eigenvalue weighted by molar-refractivity contribution is 14.0. The Balaban J connectivity index is 0.00000261. The second-order valence-electron chi connectivity index (χ2n) is 8.08. The van der Waals surface area contributed by atoms with Gasteiger partial charge in [0.25, 0.3) is 0 Å². The molecule has 1 aliphatic carbocycles. The number of aromatic nitrogens is 3. The van der Waals surface area contributed by atoms with Crippen LogP contribution in [0.25, 0.3) is 0 Å². The molecule has 154 valence electrons. The topological polar surface area (TPSA) is 58.3 Å². The normalized spacial score (nSPS) is 20.2. The molecule has 2 aliphatic rings. The number of hydrogen-bond donors (Lipinski definition) is 1. The maximum Gasteiger partial charge on any atom is 0.193 e. The summed E-state index contributed by atoms with van der Waals surface area (Å²) in [4.78, 5) is 7.50. The number of rotatable bonds is 6. The van der Waals surface area contributed by atoms with Gasteiger partial charge in [-0.3, -0.25) is 4.99 Å². The Bertz CT molecular complexity index is 537. The molecule has 1 aliphatic heterocycles. The van der Waals surface area contributed by atoms with Crippen LogP contribution in [0.4, 0.5) is 0 Å². The van der Waals surface area contributed by atoms with E-state index in [0.717, 1.165) is 45.0 Å². The van der Waals surface area contributed by atoms with Crippen molar-refractivity contribution in [3.05, 3.63) is 12.7 Å². The van der Waals surface area contributed by atoms with E-state index in [9.17, 15) is 0 Å². The number of guanidine groups is 1. The highest BCUT2D eigenvalue weighted by Crippen LogP contribution is 2.42. The molecule has 0 radical (unpaired) electrons. The van der Waals surface area contributed by atoms with Crippen LogP contribution in [-0.4, -0.2) is 51.8 Å². The summed E-state index contributed by atoms with van der Waals surface area (Å²) in [6, 6.07) is 0. The van der Waals surface area contributed by atoms with Crippen molar-refractivity contribution in [1.29, 1.82) is 0 Å². The molecule has 0 atom stereocenters. The largest absolute Gasteiger partial charge is 0.357 e. The van der Waals surface area contributed by atoms with Crippen LogP contribution in [0.1, 0.15) is 71.1 Å². The molecule has 2 fully saturated rings. The lowest BCUT2D eigenvalue weighted by atomic mass is 9.74. The number of aryl methyl sites for hydroxylation is 1. The lowest BCUT2D eigenvalue weighted by Gasteiger charge is -2.44. The van der Waals surface area contributed by atoms with E-state index in [1.807, 2.05) is 4.57 Å². The smallest absolute Gasteiger partial charge is 0.193 e. The number of aliphatic imine (C=N–C) groups is 1. The summed E-state index contributed by atoms with van der Waals surface area (Å²) < 4.78 is 2.04. The van der Waals surface area contributed by atoms with Crippen LogP contribution in [0, 0.1) is 5.41 Å². The predicted molar refractivity (Wildman–Crippen MR) is 122 cm³/mol. The number of nitrogens with zero attached hydrogens (tertiary/aromatic N) is 5. The van der Waals surface area contributed by atoms with Gasteiger partial charge in [-0.15, -0.1) is 34.2 Å². The van der Waals surface area contributed by atoms with Crippen LogP contribution in [0.15, 0.2) is 17.6 Å². The molecule has 3 rings (SSSR count). The molecule has 1 N–H and O–H groups in total. The van der Waals surface area contributed by atoms with Crippen LogP contribution in [0.3, 0.4) is 0 Å². The highest BCUT2D eigenvalue weighted by Gasteiger charge is 2.36. The summed E-state index contributed by atoms with van der Waals surface area (Å²) in [6.45, 7) is 7.36. The molecule has 0 bridgehead atoms. The fourth-order valence-electron chi connectivity index (χ4n) is 4.63. The monoisotopic (exact) mass is 488 g/mol. The van der Waals surface area contributed by atoms with Crippen molar-refractivity contribution in [1.82, 2.24) is 25.0 Å². The third-order valence-corrected chi connectivity index (χ3v) is 6.01. The zero-order valence-corrected chi connectivity index (χ0v) is 19.2. The van der Waals surface area contributed by atoms with Crippen LogP contribution < -0.4 is 5.32 Å². The Morgan fingerprint density at radius 3 is 2.44 bits per heavy atom. The molecule has 1 spiro atoms.